The summed E-state index contributed by atoms with van der Waals surface area (Å²) < 4.78 is 0. The second-order valence-electron chi connectivity index (χ2n) is 3.99. The van der Waals surface area contributed by atoms with Crippen molar-refractivity contribution in [1.82, 2.24) is 5.43 Å². The van der Waals surface area contributed by atoms with Crippen LogP contribution in [-0.4, -0.2) is 18.0 Å². The van der Waals surface area contributed by atoms with Gasteiger partial charge in [0.1, 0.15) is 0 Å². The van der Waals surface area contributed by atoms with Crippen molar-refractivity contribution in [1.29, 1.82) is 0 Å². The minimum atomic E-state index is -0.0714. The highest BCUT2D eigenvalue weighted by atomic mass is 15.4. The Labute approximate surface area is 99.6 Å². The third-order valence-corrected chi connectivity index (χ3v) is 2.65. The zero-order chi connectivity index (χ0) is 12.3. The molecule has 6 nitrogen and oxygen atoms in total. The van der Waals surface area contributed by atoms with Crippen LogP contribution in [0.25, 0.3) is 0 Å². The van der Waals surface area contributed by atoms with Crippen molar-refractivity contribution in [2.24, 2.45) is 27.3 Å². The molecule has 6 heteroatoms. The van der Waals surface area contributed by atoms with Gasteiger partial charge in [0.15, 0.2) is 0 Å². The minimum absolute atomic E-state index is 0.0714. The van der Waals surface area contributed by atoms with E-state index in [1.165, 1.54) is 11.1 Å². The van der Waals surface area contributed by atoms with Crippen molar-refractivity contribution in [3.05, 3.63) is 35.4 Å². The molecule has 90 valence electrons. The van der Waals surface area contributed by atoms with Crippen molar-refractivity contribution in [3.63, 3.8) is 0 Å². The summed E-state index contributed by atoms with van der Waals surface area (Å²) >= 11 is 0. The number of hydrogen-bond donors (Lipinski definition) is 4. The molecule has 0 aliphatic heterocycles. The Hall–Kier alpha value is -2.24. The second-order valence-corrected chi connectivity index (χ2v) is 3.99. The van der Waals surface area contributed by atoms with Gasteiger partial charge in [-0.1, -0.05) is 24.3 Å². The number of nitrogens with zero attached hydrogens (tertiary/aromatic N) is 2. The van der Waals surface area contributed by atoms with Gasteiger partial charge in [0.25, 0.3) is 0 Å². The molecule has 0 saturated carbocycles. The molecule has 1 aliphatic carbocycles. The molecule has 0 atom stereocenters. The smallest absolute Gasteiger partial charge is 0.209 e. The fourth-order valence-corrected chi connectivity index (χ4v) is 1.97. The van der Waals surface area contributed by atoms with Crippen LogP contribution < -0.4 is 22.6 Å². The van der Waals surface area contributed by atoms with E-state index in [2.05, 4.69) is 27.7 Å². The van der Waals surface area contributed by atoms with E-state index in [0.29, 0.717) is 0 Å². The Balaban J connectivity index is 1.99. The molecule has 1 aromatic carbocycles. The molecular weight excluding hydrogens is 216 g/mol. The van der Waals surface area contributed by atoms with Crippen LogP contribution in [-0.2, 0) is 12.8 Å². The molecule has 17 heavy (non-hydrogen) atoms. The molecule has 0 unspecified atom stereocenters. The van der Waals surface area contributed by atoms with Gasteiger partial charge >= 0.3 is 0 Å². The largest absolute Gasteiger partial charge is 0.369 e. The molecule has 0 spiro atoms. The Morgan fingerprint density at radius 3 is 2.24 bits per heavy atom. The lowest BCUT2D eigenvalue weighted by Crippen LogP contribution is -2.34. The molecule has 0 fully saturated rings. The maximum absolute atomic E-state index is 5.66. The predicted octanol–water partition coefficient (Wildman–Crippen LogP) is -0.753. The van der Waals surface area contributed by atoms with Crippen LogP contribution in [0.5, 0.6) is 0 Å². The molecule has 1 aliphatic rings. The summed E-state index contributed by atoms with van der Waals surface area (Å²) in [6, 6.07) is 8.46. The highest BCUT2D eigenvalue weighted by Crippen LogP contribution is 2.23. The van der Waals surface area contributed by atoms with Gasteiger partial charge in [-0.05, 0) is 24.0 Å². The maximum atomic E-state index is 5.66. The van der Waals surface area contributed by atoms with Crippen LogP contribution >= 0.6 is 0 Å². The first-order valence-electron chi connectivity index (χ1n) is 5.40. The summed E-state index contributed by atoms with van der Waals surface area (Å²) in [5.74, 6) is 0.161. The Morgan fingerprint density at radius 1 is 1.12 bits per heavy atom. The molecule has 0 aromatic heterocycles. The summed E-state index contributed by atoms with van der Waals surface area (Å²) in [5.41, 5.74) is 21.2. The molecular formula is C11H16N6. The van der Waals surface area contributed by atoms with Crippen molar-refractivity contribution in [2.75, 3.05) is 0 Å². The number of nitrogens with one attached hydrogen (secondary N) is 1. The van der Waals surface area contributed by atoms with E-state index in [0.717, 1.165) is 12.8 Å². The van der Waals surface area contributed by atoms with Gasteiger partial charge in [0, 0.05) is 0 Å². The van der Waals surface area contributed by atoms with Gasteiger partial charge < -0.3 is 17.2 Å². The van der Waals surface area contributed by atoms with Crippen LogP contribution in [0, 0.1) is 0 Å². The summed E-state index contributed by atoms with van der Waals surface area (Å²) in [6.45, 7) is 0. The van der Waals surface area contributed by atoms with Crippen molar-refractivity contribution >= 4 is 11.9 Å². The summed E-state index contributed by atoms with van der Waals surface area (Å²) in [5, 5.41) is 3.58. The van der Waals surface area contributed by atoms with Crippen LogP contribution in [0.3, 0.4) is 0 Å². The monoisotopic (exact) mass is 232 g/mol. The number of guanidine groups is 2. The highest BCUT2D eigenvalue weighted by Gasteiger charge is 2.20. The number of hydrazone groups is 1. The van der Waals surface area contributed by atoms with Crippen LogP contribution in [0.1, 0.15) is 11.1 Å². The van der Waals surface area contributed by atoms with Crippen LogP contribution in [0.15, 0.2) is 34.4 Å². The van der Waals surface area contributed by atoms with E-state index in [1.807, 2.05) is 12.1 Å². The fraction of sp³-hybridized carbons (Fsp3) is 0.273. The fourth-order valence-electron chi connectivity index (χ4n) is 1.97. The molecule has 0 amide bonds. The lowest BCUT2D eigenvalue weighted by Gasteiger charge is -2.04. The summed E-state index contributed by atoms with van der Waals surface area (Å²) in [7, 11) is 0. The number of aliphatic imine (C=N–C) groups is 1. The van der Waals surface area contributed by atoms with Crippen LogP contribution in [0.2, 0.25) is 0 Å². The number of fused-ring (bicyclic) bond motifs is 1. The number of hydrogen-bond acceptors (Lipinski definition) is 2. The minimum Gasteiger partial charge on any atom is -0.369 e. The summed E-state index contributed by atoms with van der Waals surface area (Å²) in [4.78, 5) is 4.33. The normalized spacial score (nSPS) is 15.4. The zero-order valence-corrected chi connectivity index (χ0v) is 9.43. The average Bonchev–Trinajstić information content (AvgIpc) is 2.68. The van der Waals surface area contributed by atoms with Gasteiger partial charge in [-0.3, -0.25) is 0 Å². The van der Waals surface area contributed by atoms with Gasteiger partial charge in [-0.15, -0.1) is 5.10 Å². The SMILES string of the molecule is NC(N)=NNC(N)=NC1Cc2ccccc2C1. The molecule has 0 bridgehead atoms. The zero-order valence-electron chi connectivity index (χ0n) is 9.43. The lowest BCUT2D eigenvalue weighted by molar-refractivity contribution is 0.714. The maximum Gasteiger partial charge on any atom is 0.209 e. The quantitative estimate of drug-likeness (QED) is 0.305. The lowest BCUT2D eigenvalue weighted by atomic mass is 10.1. The first-order valence-corrected chi connectivity index (χ1v) is 5.40. The first-order chi connectivity index (χ1) is 8.15. The van der Waals surface area contributed by atoms with Crippen LogP contribution in [0.4, 0.5) is 0 Å². The predicted molar refractivity (Wildman–Crippen MR) is 68.2 cm³/mol. The van der Waals surface area contributed by atoms with Crippen molar-refractivity contribution in [2.45, 2.75) is 18.9 Å². The number of benzene rings is 1. The van der Waals surface area contributed by atoms with E-state index in [-0.39, 0.29) is 18.0 Å². The molecule has 7 N–H and O–H groups in total. The molecule has 0 radical (unpaired) electrons. The van der Waals surface area contributed by atoms with E-state index < -0.39 is 0 Å². The van der Waals surface area contributed by atoms with E-state index in [4.69, 9.17) is 17.2 Å². The standard InChI is InChI=1S/C11H16N6/c12-10(13)16-17-11(14)15-9-5-7-3-1-2-4-8(7)6-9/h1-4,9H,5-6H2,(H4,12,13,16)(H3,14,15,17). The van der Waals surface area contributed by atoms with Crippen molar-refractivity contribution in [3.8, 4) is 0 Å². The number of rotatable bonds is 2. The molecule has 1 aromatic rings. The van der Waals surface area contributed by atoms with Gasteiger partial charge in [-0.25, -0.2) is 10.4 Å². The summed E-state index contributed by atoms with van der Waals surface area (Å²) in [6.07, 6.45) is 1.81. The topological polar surface area (TPSA) is 115 Å². The van der Waals surface area contributed by atoms with Gasteiger partial charge in [0.2, 0.25) is 11.9 Å². The molecule has 0 saturated heterocycles. The third-order valence-electron chi connectivity index (χ3n) is 2.65. The highest BCUT2D eigenvalue weighted by molar-refractivity contribution is 5.81. The third kappa shape index (κ3) is 2.87. The average molecular weight is 232 g/mol. The van der Waals surface area contributed by atoms with Gasteiger partial charge in [0.05, 0.1) is 6.04 Å². The first kappa shape index (κ1) is 11.3. The van der Waals surface area contributed by atoms with E-state index >= 15 is 0 Å². The molecule has 0 heterocycles. The van der Waals surface area contributed by atoms with Gasteiger partial charge in [-0.2, -0.15) is 0 Å². The molecule has 2 rings (SSSR count). The van der Waals surface area contributed by atoms with E-state index in [1.54, 1.807) is 0 Å². The second kappa shape index (κ2) is 4.73. The Bertz CT molecular complexity index is 436. The number of nitrogens with two attached hydrogens (primary N) is 3. The van der Waals surface area contributed by atoms with E-state index in [9.17, 15) is 0 Å². The Kier molecular flexibility index (Phi) is 3.13. The Morgan fingerprint density at radius 2 is 1.71 bits per heavy atom. The van der Waals surface area contributed by atoms with Crippen molar-refractivity contribution < 1.29 is 0 Å².